The quantitative estimate of drug-likeness (QED) is 0.721. The van der Waals surface area contributed by atoms with Gasteiger partial charge in [0.1, 0.15) is 22.3 Å². The summed E-state index contributed by atoms with van der Waals surface area (Å²) in [5.41, 5.74) is -0.0377. The highest BCUT2D eigenvalue weighted by molar-refractivity contribution is 7.89. The summed E-state index contributed by atoms with van der Waals surface area (Å²) in [4.78, 5) is 2.26. The Morgan fingerprint density at radius 3 is 2.24 bits per heavy atom. The van der Waals surface area contributed by atoms with Crippen LogP contribution in [0.2, 0.25) is 0 Å². The van der Waals surface area contributed by atoms with Crippen LogP contribution in [0.5, 0.6) is 5.88 Å². The smallest absolute Gasteiger partial charge is 0.388 e. The molecule has 25 heavy (non-hydrogen) atoms. The molecule has 0 saturated carbocycles. The number of hydrogen-bond donors (Lipinski definition) is 0. The Labute approximate surface area is 139 Å². The first-order valence-electron chi connectivity index (χ1n) is 6.61. The van der Waals surface area contributed by atoms with Gasteiger partial charge in [-0.05, 0) is 17.7 Å². The van der Waals surface area contributed by atoms with E-state index in [4.69, 9.17) is 0 Å². The molecule has 0 radical (unpaired) electrons. The number of rotatable bonds is 6. The number of alkyl halides is 2. The lowest BCUT2D eigenvalue weighted by Gasteiger charge is -2.19. The molecule has 0 aliphatic heterocycles. The zero-order valence-electron chi connectivity index (χ0n) is 12.6. The standard InChI is InChI=1S/C14H11F5N2O3S/c1-21(7-8-2-9(15)4-10(16)3-8)25(22,23)12-5-11(17)6-20-13(12)24-14(18)19/h2-6,14H,7H2,1H3. The number of aromatic nitrogens is 1. The minimum absolute atomic E-state index is 0.0377. The first-order valence-corrected chi connectivity index (χ1v) is 8.05. The summed E-state index contributed by atoms with van der Waals surface area (Å²) in [6.45, 7) is -3.88. The lowest BCUT2D eigenvalue weighted by atomic mass is 10.2. The van der Waals surface area contributed by atoms with Crippen LogP contribution in [0.4, 0.5) is 22.0 Å². The van der Waals surface area contributed by atoms with Gasteiger partial charge < -0.3 is 4.74 Å². The molecular weight excluding hydrogens is 371 g/mol. The van der Waals surface area contributed by atoms with Crippen molar-refractivity contribution in [3.8, 4) is 5.88 Å². The molecule has 0 atom stereocenters. The lowest BCUT2D eigenvalue weighted by Crippen LogP contribution is -2.27. The molecule has 11 heteroatoms. The van der Waals surface area contributed by atoms with Gasteiger partial charge in [-0.3, -0.25) is 0 Å². The largest absolute Gasteiger partial charge is 0.415 e. The van der Waals surface area contributed by atoms with Crippen molar-refractivity contribution in [2.75, 3.05) is 7.05 Å². The number of hydrogen-bond acceptors (Lipinski definition) is 4. The molecule has 0 aliphatic rings. The van der Waals surface area contributed by atoms with Crippen LogP contribution in [0, 0.1) is 17.5 Å². The monoisotopic (exact) mass is 382 g/mol. The molecule has 0 fully saturated rings. The van der Waals surface area contributed by atoms with Gasteiger partial charge in [0.2, 0.25) is 15.9 Å². The third-order valence-corrected chi connectivity index (χ3v) is 4.80. The van der Waals surface area contributed by atoms with Crippen LogP contribution in [-0.4, -0.2) is 31.4 Å². The molecule has 1 aromatic carbocycles. The van der Waals surface area contributed by atoms with Gasteiger partial charge in [0.05, 0.1) is 6.20 Å². The van der Waals surface area contributed by atoms with Crippen molar-refractivity contribution in [2.24, 2.45) is 0 Å². The van der Waals surface area contributed by atoms with Crippen molar-refractivity contribution in [2.45, 2.75) is 18.1 Å². The zero-order valence-corrected chi connectivity index (χ0v) is 13.4. The van der Waals surface area contributed by atoms with Crippen molar-refractivity contribution in [1.29, 1.82) is 0 Å². The van der Waals surface area contributed by atoms with Crippen molar-refractivity contribution in [1.82, 2.24) is 9.29 Å². The average molecular weight is 382 g/mol. The number of halogens is 5. The van der Waals surface area contributed by atoms with Crippen LogP contribution in [0.15, 0.2) is 35.4 Å². The molecular formula is C14H11F5N2O3S. The third-order valence-electron chi connectivity index (χ3n) is 3.00. The molecule has 0 N–H and O–H groups in total. The fourth-order valence-corrected chi connectivity index (χ4v) is 3.22. The Kier molecular flexibility index (Phi) is 5.58. The molecule has 2 aromatic rings. The average Bonchev–Trinajstić information content (AvgIpc) is 2.47. The Morgan fingerprint density at radius 1 is 1.08 bits per heavy atom. The van der Waals surface area contributed by atoms with Crippen LogP contribution in [0.25, 0.3) is 0 Å². The molecule has 0 unspecified atom stereocenters. The number of ether oxygens (including phenoxy) is 1. The van der Waals surface area contributed by atoms with Crippen LogP contribution < -0.4 is 4.74 Å². The molecule has 5 nitrogen and oxygen atoms in total. The first kappa shape index (κ1) is 19.1. The molecule has 1 heterocycles. The topological polar surface area (TPSA) is 59.5 Å². The highest BCUT2D eigenvalue weighted by Crippen LogP contribution is 2.27. The van der Waals surface area contributed by atoms with E-state index >= 15 is 0 Å². The van der Waals surface area contributed by atoms with E-state index in [1.807, 2.05) is 0 Å². The summed E-state index contributed by atoms with van der Waals surface area (Å²) in [6.07, 6.45) is 0.513. The molecule has 2 rings (SSSR count). The summed E-state index contributed by atoms with van der Waals surface area (Å²) in [5.74, 6) is -3.93. The zero-order chi connectivity index (χ0) is 18.8. The van der Waals surface area contributed by atoms with Crippen LogP contribution >= 0.6 is 0 Å². The molecule has 0 aliphatic carbocycles. The van der Waals surface area contributed by atoms with Crippen molar-refractivity contribution >= 4 is 10.0 Å². The summed E-state index contributed by atoms with van der Waals surface area (Å²) in [7, 11) is -3.51. The molecule has 0 bridgehead atoms. The van der Waals surface area contributed by atoms with Crippen LogP contribution in [0.3, 0.4) is 0 Å². The van der Waals surface area contributed by atoms with Crippen molar-refractivity contribution < 1.29 is 35.1 Å². The van der Waals surface area contributed by atoms with Gasteiger partial charge in [-0.2, -0.15) is 13.1 Å². The van der Waals surface area contributed by atoms with Gasteiger partial charge in [0, 0.05) is 25.7 Å². The maximum absolute atomic E-state index is 13.3. The minimum atomic E-state index is -4.53. The maximum Gasteiger partial charge on any atom is 0.388 e. The lowest BCUT2D eigenvalue weighted by molar-refractivity contribution is -0.0550. The van der Waals surface area contributed by atoms with Gasteiger partial charge in [-0.25, -0.2) is 26.6 Å². The number of benzene rings is 1. The van der Waals surface area contributed by atoms with Crippen LogP contribution in [-0.2, 0) is 16.6 Å². The predicted octanol–water partition coefficient (Wildman–Crippen LogP) is 2.92. The Morgan fingerprint density at radius 2 is 1.68 bits per heavy atom. The Bertz CT molecular complexity index is 857. The number of nitrogens with zero attached hydrogens (tertiary/aromatic N) is 2. The fraction of sp³-hybridized carbons (Fsp3) is 0.214. The normalized spacial score (nSPS) is 12.0. The SMILES string of the molecule is CN(Cc1cc(F)cc(F)c1)S(=O)(=O)c1cc(F)cnc1OC(F)F. The molecule has 136 valence electrons. The minimum Gasteiger partial charge on any atom is -0.415 e. The fourth-order valence-electron chi connectivity index (χ4n) is 1.98. The molecule has 1 aromatic heterocycles. The first-order chi connectivity index (χ1) is 11.6. The number of pyridine rings is 1. The Balaban J connectivity index is 2.38. The maximum atomic E-state index is 13.3. The molecule has 0 amide bonds. The second-order valence-corrected chi connectivity index (χ2v) is 6.89. The highest BCUT2D eigenvalue weighted by atomic mass is 32.2. The predicted molar refractivity (Wildman–Crippen MR) is 75.8 cm³/mol. The third kappa shape index (κ3) is 4.63. The van der Waals surface area contributed by atoms with E-state index in [2.05, 4.69) is 9.72 Å². The van der Waals surface area contributed by atoms with Gasteiger partial charge in [0.15, 0.2) is 0 Å². The summed E-state index contributed by atoms with van der Waals surface area (Å²) < 4.78 is 94.0. The summed E-state index contributed by atoms with van der Waals surface area (Å²) >= 11 is 0. The summed E-state index contributed by atoms with van der Waals surface area (Å²) in [6, 6.07) is 2.86. The van der Waals surface area contributed by atoms with Gasteiger partial charge in [-0.15, -0.1) is 0 Å². The van der Waals surface area contributed by atoms with Crippen molar-refractivity contribution in [3.63, 3.8) is 0 Å². The highest BCUT2D eigenvalue weighted by Gasteiger charge is 2.28. The van der Waals surface area contributed by atoms with Gasteiger partial charge >= 0.3 is 6.61 Å². The molecule has 0 spiro atoms. The van der Waals surface area contributed by atoms with E-state index < -0.39 is 51.4 Å². The molecule has 0 saturated heterocycles. The van der Waals surface area contributed by atoms with Gasteiger partial charge in [-0.1, -0.05) is 0 Å². The van der Waals surface area contributed by atoms with E-state index in [1.165, 1.54) is 0 Å². The van der Waals surface area contributed by atoms with Crippen molar-refractivity contribution in [3.05, 3.63) is 53.5 Å². The van der Waals surface area contributed by atoms with E-state index in [9.17, 15) is 30.4 Å². The second kappa shape index (κ2) is 7.31. The van der Waals surface area contributed by atoms with E-state index in [0.29, 0.717) is 22.6 Å². The summed E-state index contributed by atoms with van der Waals surface area (Å²) in [5, 5.41) is 0. The van der Waals surface area contributed by atoms with E-state index in [1.54, 1.807) is 0 Å². The van der Waals surface area contributed by atoms with Crippen LogP contribution in [0.1, 0.15) is 5.56 Å². The second-order valence-electron chi connectivity index (χ2n) is 4.87. The Hall–Kier alpha value is -2.27. The van der Waals surface area contributed by atoms with Gasteiger partial charge in [0.25, 0.3) is 0 Å². The van der Waals surface area contributed by atoms with E-state index in [-0.39, 0.29) is 5.56 Å². The number of sulfonamides is 1. The van der Waals surface area contributed by atoms with E-state index in [0.717, 1.165) is 19.2 Å².